The fourth-order valence-corrected chi connectivity index (χ4v) is 6.31. The number of fused-ring (bicyclic) bond motifs is 1. The second kappa shape index (κ2) is 9.45. The number of benzene rings is 1. The average molecular weight is 501 g/mol. The first-order valence-corrected chi connectivity index (χ1v) is 15.9. The zero-order chi connectivity index (χ0) is 25.5. The van der Waals surface area contributed by atoms with Crippen molar-refractivity contribution in [1.82, 2.24) is 19.4 Å². The topological polar surface area (TPSA) is 61.4 Å². The molecule has 0 radical (unpaired) electrons. The van der Waals surface area contributed by atoms with Crippen LogP contribution in [0.2, 0.25) is 18.1 Å². The van der Waals surface area contributed by atoms with Gasteiger partial charge >= 0.3 is 0 Å². The van der Waals surface area contributed by atoms with Crippen LogP contribution in [0.3, 0.4) is 0 Å². The lowest BCUT2D eigenvalue weighted by molar-refractivity contribution is 0.106. The van der Waals surface area contributed by atoms with Gasteiger partial charge in [-0.3, -0.25) is 4.79 Å². The van der Waals surface area contributed by atoms with Crippen molar-refractivity contribution in [2.24, 2.45) is 0 Å². The number of hydrogen-bond acceptors (Lipinski definition) is 4. The SMILES string of the molecule is CC(C)(C)[Si](C)(C)OC1CCCC(n2nc(-c3c(-c4ccccc4)nn4ccccc34)ccc2=O)C1. The van der Waals surface area contributed by atoms with Crippen LogP contribution in [0.1, 0.15) is 52.5 Å². The van der Waals surface area contributed by atoms with Gasteiger partial charge < -0.3 is 4.43 Å². The standard InChI is InChI=1S/C29H36N4O2Si/c1-29(2,3)36(4,5)35-23-15-11-14-22(20-23)33-26(34)18-17-24(30-33)27-25-16-9-10-19-32(25)31-28(27)21-12-7-6-8-13-21/h6-10,12-13,16-19,22-23H,11,14-15,20H2,1-5H3. The molecule has 3 aromatic heterocycles. The molecule has 0 bridgehead atoms. The molecule has 0 N–H and O–H groups in total. The van der Waals surface area contributed by atoms with E-state index in [1.54, 1.807) is 10.7 Å². The molecule has 36 heavy (non-hydrogen) atoms. The molecule has 5 rings (SSSR count). The van der Waals surface area contributed by atoms with Gasteiger partial charge in [-0.2, -0.15) is 10.2 Å². The maximum absolute atomic E-state index is 13.1. The first-order chi connectivity index (χ1) is 17.1. The average Bonchev–Trinajstić information content (AvgIpc) is 3.24. The van der Waals surface area contributed by atoms with E-state index < -0.39 is 8.32 Å². The number of rotatable bonds is 5. The van der Waals surface area contributed by atoms with E-state index in [-0.39, 0.29) is 22.7 Å². The molecule has 1 fully saturated rings. The summed E-state index contributed by atoms with van der Waals surface area (Å²) in [5, 5.41) is 9.99. The number of aromatic nitrogens is 4. The maximum Gasteiger partial charge on any atom is 0.267 e. The monoisotopic (exact) mass is 500 g/mol. The quantitative estimate of drug-likeness (QED) is 0.285. The van der Waals surface area contributed by atoms with Crippen LogP contribution in [0.15, 0.2) is 71.7 Å². The Labute approximate surface area is 214 Å². The summed E-state index contributed by atoms with van der Waals surface area (Å²) in [5.74, 6) is 0. The summed E-state index contributed by atoms with van der Waals surface area (Å²) in [6, 6.07) is 19.7. The van der Waals surface area contributed by atoms with E-state index in [0.717, 1.165) is 53.7 Å². The second-order valence-corrected chi connectivity index (χ2v) is 16.2. The third-order valence-electron chi connectivity index (χ3n) is 7.88. The minimum Gasteiger partial charge on any atom is -0.414 e. The van der Waals surface area contributed by atoms with Crippen molar-refractivity contribution in [3.05, 3.63) is 77.2 Å². The lowest BCUT2D eigenvalue weighted by atomic mass is 9.93. The van der Waals surface area contributed by atoms with Crippen LogP contribution in [-0.2, 0) is 4.43 Å². The zero-order valence-electron chi connectivity index (χ0n) is 21.9. The van der Waals surface area contributed by atoms with E-state index >= 15 is 0 Å². The highest BCUT2D eigenvalue weighted by molar-refractivity contribution is 6.74. The zero-order valence-corrected chi connectivity index (χ0v) is 22.9. The molecule has 2 unspecified atom stereocenters. The Hall–Kier alpha value is -3.03. The predicted octanol–water partition coefficient (Wildman–Crippen LogP) is 6.73. The van der Waals surface area contributed by atoms with Crippen LogP contribution in [0.4, 0.5) is 0 Å². The molecule has 0 amide bonds. The number of hydrogen-bond donors (Lipinski definition) is 0. The third kappa shape index (κ3) is 4.69. The van der Waals surface area contributed by atoms with Crippen molar-refractivity contribution in [2.75, 3.05) is 0 Å². The molecule has 4 aromatic rings. The molecule has 1 aliphatic carbocycles. The van der Waals surface area contributed by atoms with E-state index in [2.05, 4.69) is 52.1 Å². The van der Waals surface area contributed by atoms with Crippen molar-refractivity contribution in [3.8, 4) is 22.5 Å². The van der Waals surface area contributed by atoms with E-state index in [4.69, 9.17) is 14.6 Å². The summed E-state index contributed by atoms with van der Waals surface area (Å²) < 4.78 is 10.3. The summed E-state index contributed by atoms with van der Waals surface area (Å²) in [6.45, 7) is 11.4. The van der Waals surface area contributed by atoms with E-state index in [9.17, 15) is 4.79 Å². The van der Waals surface area contributed by atoms with E-state index in [0.29, 0.717) is 0 Å². The molecule has 2 atom stereocenters. The van der Waals surface area contributed by atoms with Gasteiger partial charge in [-0.05, 0) is 62.0 Å². The highest BCUT2D eigenvalue weighted by atomic mass is 28.4. The number of nitrogens with zero attached hydrogens (tertiary/aromatic N) is 4. The fraction of sp³-hybridized carbons (Fsp3) is 0.414. The van der Waals surface area contributed by atoms with Gasteiger partial charge in [-0.25, -0.2) is 9.20 Å². The lowest BCUT2D eigenvalue weighted by Gasteiger charge is -2.41. The first-order valence-electron chi connectivity index (χ1n) is 12.9. The minimum absolute atomic E-state index is 0.0305. The fourth-order valence-electron chi connectivity index (χ4n) is 4.91. The third-order valence-corrected chi connectivity index (χ3v) is 12.4. The molecule has 1 aromatic carbocycles. The van der Waals surface area contributed by atoms with Crippen LogP contribution in [-0.4, -0.2) is 33.8 Å². The van der Waals surface area contributed by atoms with Gasteiger partial charge in [0.2, 0.25) is 0 Å². The van der Waals surface area contributed by atoms with Gasteiger partial charge in [0.25, 0.3) is 5.56 Å². The van der Waals surface area contributed by atoms with Crippen molar-refractivity contribution in [1.29, 1.82) is 0 Å². The molecule has 1 saturated carbocycles. The Bertz CT molecular complexity index is 1420. The molecule has 0 aliphatic heterocycles. The molecule has 188 valence electrons. The molecule has 3 heterocycles. The normalized spacial score (nSPS) is 19.0. The summed E-state index contributed by atoms with van der Waals surface area (Å²) in [7, 11) is -1.89. The molecule has 0 spiro atoms. The van der Waals surface area contributed by atoms with Gasteiger partial charge in [0, 0.05) is 23.9 Å². The molecule has 1 aliphatic rings. The lowest BCUT2D eigenvalue weighted by Crippen LogP contribution is -2.45. The molecule has 7 heteroatoms. The second-order valence-electron chi connectivity index (χ2n) is 11.4. The minimum atomic E-state index is -1.89. The van der Waals surface area contributed by atoms with Crippen LogP contribution >= 0.6 is 0 Å². The molecular weight excluding hydrogens is 464 g/mol. The van der Waals surface area contributed by atoms with Gasteiger partial charge in [0.05, 0.1) is 22.8 Å². The largest absolute Gasteiger partial charge is 0.414 e. The summed E-state index contributed by atoms with van der Waals surface area (Å²) in [4.78, 5) is 13.1. The van der Waals surface area contributed by atoms with Crippen molar-refractivity contribution < 1.29 is 4.43 Å². The Balaban J connectivity index is 1.53. The van der Waals surface area contributed by atoms with Crippen molar-refractivity contribution >= 4 is 13.8 Å². The van der Waals surface area contributed by atoms with E-state index in [1.807, 2.05) is 47.1 Å². The van der Waals surface area contributed by atoms with Crippen LogP contribution in [0, 0.1) is 0 Å². The summed E-state index contributed by atoms with van der Waals surface area (Å²) >= 11 is 0. The van der Waals surface area contributed by atoms with Crippen LogP contribution in [0.25, 0.3) is 28.0 Å². The molecule has 6 nitrogen and oxygen atoms in total. The Morgan fingerprint density at radius 1 is 0.944 bits per heavy atom. The van der Waals surface area contributed by atoms with Gasteiger partial charge in [-0.1, -0.05) is 57.2 Å². The first kappa shape index (κ1) is 24.7. The van der Waals surface area contributed by atoms with Gasteiger partial charge in [0.15, 0.2) is 8.32 Å². The molecular formula is C29H36N4O2Si. The summed E-state index contributed by atoms with van der Waals surface area (Å²) in [5.41, 5.74) is 4.51. The predicted molar refractivity (Wildman–Crippen MR) is 148 cm³/mol. The Morgan fingerprint density at radius 2 is 1.69 bits per heavy atom. The summed E-state index contributed by atoms with van der Waals surface area (Å²) in [6.07, 6.45) is 5.96. The Morgan fingerprint density at radius 3 is 2.44 bits per heavy atom. The van der Waals surface area contributed by atoms with Gasteiger partial charge in [0.1, 0.15) is 5.69 Å². The van der Waals surface area contributed by atoms with Crippen LogP contribution < -0.4 is 5.56 Å². The maximum atomic E-state index is 13.1. The van der Waals surface area contributed by atoms with Crippen LogP contribution in [0.5, 0.6) is 0 Å². The van der Waals surface area contributed by atoms with E-state index in [1.165, 1.54) is 0 Å². The van der Waals surface area contributed by atoms with Gasteiger partial charge in [-0.15, -0.1) is 0 Å². The Kier molecular flexibility index (Phi) is 6.47. The number of pyridine rings is 1. The highest BCUT2D eigenvalue weighted by Crippen LogP contribution is 2.40. The highest BCUT2D eigenvalue weighted by Gasteiger charge is 2.40. The molecule has 0 saturated heterocycles. The van der Waals surface area contributed by atoms with Crippen molar-refractivity contribution in [2.45, 2.75) is 76.7 Å². The van der Waals surface area contributed by atoms with Crippen molar-refractivity contribution in [3.63, 3.8) is 0 Å². The smallest absolute Gasteiger partial charge is 0.267 e.